The summed E-state index contributed by atoms with van der Waals surface area (Å²) in [7, 11) is 2.15. The van der Waals surface area contributed by atoms with E-state index in [1.165, 1.54) is 5.69 Å². The number of rotatable bonds is 5. The lowest BCUT2D eigenvalue weighted by molar-refractivity contribution is -0.120. The van der Waals surface area contributed by atoms with Crippen molar-refractivity contribution in [2.45, 2.75) is 32.9 Å². The molecule has 0 aliphatic carbocycles. The third-order valence-electron chi connectivity index (χ3n) is 6.71. The summed E-state index contributed by atoms with van der Waals surface area (Å²) in [5, 5.41) is 0.557. The highest BCUT2D eigenvalue weighted by Crippen LogP contribution is 2.34. The van der Waals surface area contributed by atoms with E-state index in [2.05, 4.69) is 48.9 Å². The van der Waals surface area contributed by atoms with Crippen molar-refractivity contribution in [2.75, 3.05) is 43.0 Å². The molecule has 3 aromatic rings. The van der Waals surface area contributed by atoms with E-state index in [9.17, 15) is 9.59 Å². The Balaban J connectivity index is 1.51. The molecule has 5 rings (SSSR count). The lowest BCUT2D eigenvalue weighted by Gasteiger charge is -2.34. The number of likely N-dealkylation sites (N-methyl/N-ethyl adjacent to an activating group) is 1. The predicted octanol–water partition coefficient (Wildman–Crippen LogP) is 3.28. The van der Waals surface area contributed by atoms with Crippen LogP contribution in [0.1, 0.15) is 31.9 Å². The molecule has 1 saturated heterocycles. The molecule has 33 heavy (non-hydrogen) atoms. The Kier molecular flexibility index (Phi) is 5.66. The van der Waals surface area contributed by atoms with E-state index < -0.39 is 6.04 Å². The number of benzene rings is 2. The Morgan fingerprint density at radius 2 is 1.76 bits per heavy atom. The van der Waals surface area contributed by atoms with Gasteiger partial charge in [0.15, 0.2) is 0 Å². The van der Waals surface area contributed by atoms with Gasteiger partial charge >= 0.3 is 0 Å². The number of amides is 1. The third-order valence-corrected chi connectivity index (χ3v) is 6.71. The molecule has 0 saturated carbocycles. The Bertz CT molecular complexity index is 1240. The normalized spacial score (nSPS) is 19.0. The molecule has 3 heterocycles. The summed E-state index contributed by atoms with van der Waals surface area (Å²) < 4.78 is 1.62. The molecule has 1 atom stereocenters. The van der Waals surface area contributed by atoms with Gasteiger partial charge in [0.25, 0.3) is 11.5 Å². The van der Waals surface area contributed by atoms with Crippen molar-refractivity contribution in [3.63, 3.8) is 0 Å². The van der Waals surface area contributed by atoms with Crippen molar-refractivity contribution in [1.29, 1.82) is 0 Å². The number of hydrogen-bond donors (Lipinski definition) is 0. The van der Waals surface area contributed by atoms with Crippen LogP contribution in [-0.2, 0) is 11.3 Å². The second-order valence-corrected chi connectivity index (χ2v) is 9.63. The molecule has 0 spiro atoms. The highest BCUT2D eigenvalue weighted by atomic mass is 16.2. The van der Waals surface area contributed by atoms with Crippen LogP contribution >= 0.6 is 0 Å². The Labute approximate surface area is 194 Å². The van der Waals surface area contributed by atoms with Crippen molar-refractivity contribution in [3.05, 3.63) is 64.4 Å². The van der Waals surface area contributed by atoms with Crippen molar-refractivity contribution < 1.29 is 4.79 Å². The second kappa shape index (κ2) is 8.63. The molecule has 1 fully saturated rings. The summed E-state index contributed by atoms with van der Waals surface area (Å²) in [6, 6.07) is 15.2. The fraction of sp³-hybridized carbons (Fsp3) is 0.423. The molecule has 7 nitrogen and oxygen atoms in total. The van der Waals surface area contributed by atoms with Gasteiger partial charge in [0.2, 0.25) is 5.95 Å². The van der Waals surface area contributed by atoms with Crippen LogP contribution in [0.2, 0.25) is 0 Å². The average Bonchev–Trinajstić information content (AvgIpc) is 3.05. The second-order valence-electron chi connectivity index (χ2n) is 9.63. The number of carbonyl (C=O) groups excluding carboxylic acids is 1. The van der Waals surface area contributed by atoms with E-state index >= 15 is 0 Å². The number of aromatic nitrogens is 2. The minimum Gasteiger partial charge on any atom is -0.369 e. The summed E-state index contributed by atoms with van der Waals surface area (Å²) in [4.78, 5) is 38.1. The molecule has 2 aromatic carbocycles. The van der Waals surface area contributed by atoms with Crippen LogP contribution < -0.4 is 15.4 Å². The van der Waals surface area contributed by atoms with Gasteiger partial charge in [-0.1, -0.05) is 38.1 Å². The molecule has 0 radical (unpaired) electrons. The maximum Gasteiger partial charge on any atom is 0.263 e. The number of carbonyl (C=O) groups is 1. The maximum absolute atomic E-state index is 13.6. The van der Waals surface area contributed by atoms with E-state index in [0.29, 0.717) is 29.8 Å². The van der Waals surface area contributed by atoms with Gasteiger partial charge in [0, 0.05) is 31.9 Å². The van der Waals surface area contributed by atoms with Gasteiger partial charge in [0.05, 0.1) is 17.4 Å². The molecule has 7 heteroatoms. The number of anilines is 2. The van der Waals surface area contributed by atoms with Crippen LogP contribution in [0.5, 0.6) is 0 Å². The zero-order valence-electron chi connectivity index (χ0n) is 19.6. The molecule has 2 aliphatic heterocycles. The SMILES string of the molecule is CC(C)CC1C(=O)N(Cc2cccc(N3CCN(C)CC3)c2)c2nc3ccccc3c(=O)n21. The minimum absolute atomic E-state index is 0.0476. The van der Waals surface area contributed by atoms with Crippen LogP contribution in [-0.4, -0.2) is 53.6 Å². The highest BCUT2D eigenvalue weighted by Gasteiger charge is 2.40. The third kappa shape index (κ3) is 4.02. The first-order chi connectivity index (χ1) is 15.9. The van der Waals surface area contributed by atoms with Crippen LogP contribution in [0.15, 0.2) is 53.3 Å². The summed E-state index contributed by atoms with van der Waals surface area (Å²) in [6.07, 6.45) is 0.615. The standard InChI is InChI=1S/C26H31N5O2/c1-18(2)15-23-25(33)30(26-27-22-10-5-4-9-21(22)24(32)31(23)26)17-19-7-6-8-20(16-19)29-13-11-28(3)12-14-29/h4-10,16,18,23H,11-15,17H2,1-3H3. The van der Waals surface area contributed by atoms with Crippen LogP contribution in [0.3, 0.4) is 0 Å². The molecule has 0 N–H and O–H groups in total. The maximum atomic E-state index is 13.6. The fourth-order valence-electron chi connectivity index (χ4n) is 4.89. The van der Waals surface area contributed by atoms with Crippen LogP contribution in [0, 0.1) is 5.92 Å². The zero-order chi connectivity index (χ0) is 23.1. The van der Waals surface area contributed by atoms with Gasteiger partial charge in [-0.3, -0.25) is 19.1 Å². The number of hydrogen-bond acceptors (Lipinski definition) is 5. The van der Waals surface area contributed by atoms with Gasteiger partial charge in [-0.2, -0.15) is 0 Å². The highest BCUT2D eigenvalue weighted by molar-refractivity contribution is 5.99. The topological polar surface area (TPSA) is 61.7 Å². The molecule has 1 unspecified atom stereocenters. The van der Waals surface area contributed by atoms with Gasteiger partial charge in [-0.25, -0.2) is 4.98 Å². The van der Waals surface area contributed by atoms with Crippen LogP contribution in [0.4, 0.5) is 11.6 Å². The van der Waals surface area contributed by atoms with E-state index in [-0.39, 0.29) is 17.4 Å². The first kappa shape index (κ1) is 21.6. The number of piperazine rings is 1. The summed E-state index contributed by atoms with van der Waals surface area (Å²) in [5.74, 6) is 0.693. The number of para-hydroxylation sites is 1. The van der Waals surface area contributed by atoms with Gasteiger partial charge in [-0.05, 0) is 49.2 Å². The molecular formula is C26H31N5O2. The van der Waals surface area contributed by atoms with Gasteiger partial charge in [-0.15, -0.1) is 0 Å². The van der Waals surface area contributed by atoms with E-state index in [0.717, 1.165) is 31.7 Å². The van der Waals surface area contributed by atoms with Crippen molar-refractivity contribution in [2.24, 2.45) is 5.92 Å². The molecule has 172 valence electrons. The van der Waals surface area contributed by atoms with Gasteiger partial charge in [0.1, 0.15) is 6.04 Å². The van der Waals surface area contributed by atoms with Crippen LogP contribution in [0.25, 0.3) is 10.9 Å². The largest absolute Gasteiger partial charge is 0.369 e. The summed E-state index contributed by atoms with van der Waals surface area (Å²) in [5.41, 5.74) is 2.71. The van der Waals surface area contributed by atoms with Gasteiger partial charge < -0.3 is 9.80 Å². The molecule has 1 amide bonds. The minimum atomic E-state index is -0.509. The molecule has 1 aromatic heterocycles. The fourth-order valence-corrected chi connectivity index (χ4v) is 4.89. The van der Waals surface area contributed by atoms with E-state index in [4.69, 9.17) is 4.98 Å². The quantitative estimate of drug-likeness (QED) is 0.603. The van der Waals surface area contributed by atoms with Crippen molar-refractivity contribution in [1.82, 2.24) is 14.5 Å². The zero-order valence-corrected chi connectivity index (χ0v) is 19.6. The number of fused-ring (bicyclic) bond motifs is 2. The molecular weight excluding hydrogens is 414 g/mol. The van der Waals surface area contributed by atoms with E-state index in [1.807, 2.05) is 24.3 Å². The Morgan fingerprint density at radius 3 is 2.52 bits per heavy atom. The lowest BCUT2D eigenvalue weighted by atomic mass is 10.0. The monoisotopic (exact) mass is 445 g/mol. The summed E-state index contributed by atoms with van der Waals surface area (Å²) >= 11 is 0. The predicted molar refractivity (Wildman–Crippen MR) is 132 cm³/mol. The summed E-state index contributed by atoms with van der Waals surface area (Å²) in [6.45, 7) is 8.62. The first-order valence-electron chi connectivity index (χ1n) is 11.8. The van der Waals surface area contributed by atoms with Crippen molar-refractivity contribution >= 4 is 28.4 Å². The van der Waals surface area contributed by atoms with E-state index in [1.54, 1.807) is 15.5 Å². The van der Waals surface area contributed by atoms with Crippen molar-refractivity contribution in [3.8, 4) is 0 Å². The molecule has 2 aliphatic rings. The smallest absolute Gasteiger partial charge is 0.263 e. The lowest BCUT2D eigenvalue weighted by Crippen LogP contribution is -2.44. The molecule has 0 bridgehead atoms. The number of nitrogens with zero attached hydrogens (tertiary/aromatic N) is 5. The first-order valence-corrected chi connectivity index (χ1v) is 11.8. The Morgan fingerprint density at radius 1 is 1.00 bits per heavy atom. The Hall–Kier alpha value is -3.19. The average molecular weight is 446 g/mol.